The van der Waals surface area contributed by atoms with E-state index < -0.39 is 0 Å². The van der Waals surface area contributed by atoms with Crippen molar-refractivity contribution in [3.8, 4) is 0 Å². The molecule has 4 heteroatoms. The molecule has 2 aliphatic rings. The molecule has 28 heavy (non-hydrogen) atoms. The van der Waals surface area contributed by atoms with Crippen molar-refractivity contribution >= 4 is 16.7 Å². The number of aromatic nitrogens is 2. The minimum atomic E-state index is 0.142. The molecule has 2 aliphatic heterocycles. The third-order valence-corrected chi connectivity index (χ3v) is 6.61. The highest BCUT2D eigenvalue weighted by atomic mass is 16.1. The third kappa shape index (κ3) is 3.26. The lowest BCUT2D eigenvalue weighted by molar-refractivity contribution is 0.00907. The van der Waals surface area contributed by atoms with Gasteiger partial charge in [-0.3, -0.25) is 14.4 Å². The summed E-state index contributed by atoms with van der Waals surface area (Å²) in [7, 11) is 1.92. The summed E-state index contributed by atoms with van der Waals surface area (Å²) in [6, 6.07) is 17.8. The number of fused-ring (bicyclic) bond motifs is 3. The normalized spacial score (nSPS) is 25.1. The molecule has 3 heterocycles. The molecule has 2 bridgehead atoms. The predicted molar refractivity (Wildman–Crippen MR) is 111 cm³/mol. The molecule has 0 saturated carbocycles. The summed E-state index contributed by atoms with van der Waals surface area (Å²) in [6.45, 7) is 1.01. The lowest BCUT2D eigenvalue weighted by atomic mass is 9.75. The van der Waals surface area contributed by atoms with Gasteiger partial charge in [-0.25, -0.2) is 0 Å². The maximum absolute atomic E-state index is 13.3. The van der Waals surface area contributed by atoms with Gasteiger partial charge in [0.15, 0.2) is 5.78 Å². The van der Waals surface area contributed by atoms with E-state index >= 15 is 0 Å². The van der Waals surface area contributed by atoms with E-state index in [2.05, 4.69) is 40.3 Å². The van der Waals surface area contributed by atoms with E-state index in [0.717, 1.165) is 35.9 Å². The van der Waals surface area contributed by atoms with Crippen LogP contribution in [0.2, 0.25) is 0 Å². The first-order chi connectivity index (χ1) is 13.7. The van der Waals surface area contributed by atoms with Crippen molar-refractivity contribution in [3.63, 3.8) is 0 Å². The van der Waals surface area contributed by atoms with Crippen LogP contribution in [0.3, 0.4) is 0 Å². The molecule has 0 amide bonds. The number of Topliss-reactive ketones (excluding diaryl/α,β-unsaturated/α-hetero) is 1. The van der Waals surface area contributed by atoms with E-state index in [1.165, 1.54) is 24.8 Å². The molecule has 2 unspecified atom stereocenters. The van der Waals surface area contributed by atoms with E-state index in [1.807, 2.05) is 36.1 Å². The Balaban J connectivity index is 1.35. The van der Waals surface area contributed by atoms with Gasteiger partial charge in [-0.15, -0.1) is 0 Å². The molecular weight excluding hydrogens is 346 g/mol. The Morgan fingerprint density at radius 1 is 1.07 bits per heavy atom. The summed E-state index contributed by atoms with van der Waals surface area (Å²) >= 11 is 0. The number of carbonyl (C=O) groups is 1. The van der Waals surface area contributed by atoms with E-state index in [4.69, 9.17) is 0 Å². The van der Waals surface area contributed by atoms with E-state index in [9.17, 15) is 4.79 Å². The number of hydrogen-bond acceptors (Lipinski definition) is 3. The SMILES string of the molecule is Cn1cc2ccc(C(=O)C3CC4CCCC(C3)N4Cc3ccccc3)cc2n1. The fourth-order valence-electron chi connectivity index (χ4n) is 5.27. The fraction of sp³-hybridized carbons (Fsp3) is 0.417. The number of rotatable bonds is 4. The van der Waals surface area contributed by atoms with Gasteiger partial charge in [0.2, 0.25) is 0 Å². The van der Waals surface area contributed by atoms with Crippen LogP contribution in [0.1, 0.15) is 48.0 Å². The summed E-state index contributed by atoms with van der Waals surface area (Å²) in [6.07, 6.45) is 7.70. The van der Waals surface area contributed by atoms with Gasteiger partial charge in [0.25, 0.3) is 0 Å². The highest BCUT2D eigenvalue weighted by Gasteiger charge is 2.40. The summed E-state index contributed by atoms with van der Waals surface area (Å²) in [5.41, 5.74) is 3.12. The highest BCUT2D eigenvalue weighted by molar-refractivity contribution is 6.00. The first kappa shape index (κ1) is 17.6. The Kier molecular flexibility index (Phi) is 4.52. The molecule has 2 saturated heterocycles. The second kappa shape index (κ2) is 7.17. The Bertz CT molecular complexity index is 980. The quantitative estimate of drug-likeness (QED) is 0.628. The number of nitrogens with zero attached hydrogens (tertiary/aromatic N) is 3. The molecule has 144 valence electrons. The highest BCUT2D eigenvalue weighted by Crippen LogP contribution is 2.39. The first-order valence-corrected chi connectivity index (χ1v) is 10.4. The van der Waals surface area contributed by atoms with Crippen LogP contribution in [-0.4, -0.2) is 32.5 Å². The van der Waals surface area contributed by atoms with Crippen LogP contribution in [0.25, 0.3) is 10.9 Å². The van der Waals surface area contributed by atoms with Gasteiger partial charge in [0, 0.05) is 48.7 Å². The number of hydrogen-bond donors (Lipinski definition) is 0. The smallest absolute Gasteiger partial charge is 0.166 e. The van der Waals surface area contributed by atoms with Gasteiger partial charge < -0.3 is 0 Å². The van der Waals surface area contributed by atoms with Gasteiger partial charge in [-0.1, -0.05) is 48.9 Å². The number of piperidine rings is 2. The van der Waals surface area contributed by atoms with E-state index in [-0.39, 0.29) is 5.92 Å². The second-order valence-electron chi connectivity index (χ2n) is 8.51. The molecular formula is C24H27N3O. The molecule has 0 spiro atoms. The van der Waals surface area contributed by atoms with Crippen LogP contribution in [0, 0.1) is 5.92 Å². The number of ketones is 1. The van der Waals surface area contributed by atoms with Crippen molar-refractivity contribution < 1.29 is 4.79 Å². The molecule has 4 nitrogen and oxygen atoms in total. The van der Waals surface area contributed by atoms with Gasteiger partial charge in [0.1, 0.15) is 0 Å². The zero-order chi connectivity index (χ0) is 19.1. The zero-order valence-corrected chi connectivity index (χ0v) is 16.4. The average molecular weight is 374 g/mol. The molecule has 2 atom stereocenters. The summed E-state index contributed by atoms with van der Waals surface area (Å²) < 4.78 is 1.81. The standard InChI is InChI=1S/C24H27N3O/c1-26-16-19-11-10-18(14-23(19)25-26)24(28)20-12-21-8-5-9-22(13-20)27(21)15-17-6-3-2-4-7-17/h2-4,6-7,10-11,14,16,20-22H,5,8-9,12-13,15H2,1H3. The molecule has 2 aromatic carbocycles. The Morgan fingerprint density at radius 3 is 2.57 bits per heavy atom. The molecule has 0 aliphatic carbocycles. The lowest BCUT2D eigenvalue weighted by Crippen LogP contribution is -2.52. The van der Waals surface area contributed by atoms with Crippen LogP contribution in [0.4, 0.5) is 0 Å². The maximum Gasteiger partial charge on any atom is 0.166 e. The van der Waals surface area contributed by atoms with Crippen LogP contribution in [-0.2, 0) is 13.6 Å². The molecule has 5 rings (SSSR count). The Labute approximate surface area is 166 Å². The Hall–Kier alpha value is -2.46. The van der Waals surface area contributed by atoms with Crippen molar-refractivity contribution in [2.75, 3.05) is 0 Å². The minimum absolute atomic E-state index is 0.142. The largest absolute Gasteiger partial charge is 0.294 e. The van der Waals surface area contributed by atoms with Crippen LogP contribution < -0.4 is 0 Å². The van der Waals surface area contributed by atoms with Gasteiger partial charge in [0.05, 0.1) is 5.52 Å². The van der Waals surface area contributed by atoms with Gasteiger partial charge in [-0.2, -0.15) is 5.10 Å². The lowest BCUT2D eigenvalue weighted by Gasteiger charge is -2.48. The van der Waals surface area contributed by atoms with Crippen LogP contribution >= 0.6 is 0 Å². The summed E-state index contributed by atoms with van der Waals surface area (Å²) in [5.74, 6) is 0.451. The topological polar surface area (TPSA) is 38.1 Å². The molecule has 0 N–H and O–H groups in total. The molecule has 0 radical (unpaired) electrons. The van der Waals surface area contributed by atoms with Crippen molar-refractivity contribution in [1.82, 2.24) is 14.7 Å². The maximum atomic E-state index is 13.3. The number of benzene rings is 2. The Morgan fingerprint density at radius 2 is 1.82 bits per heavy atom. The third-order valence-electron chi connectivity index (χ3n) is 6.61. The summed E-state index contributed by atoms with van der Waals surface area (Å²) in [5, 5.41) is 5.56. The predicted octanol–water partition coefficient (Wildman–Crippen LogP) is 4.59. The van der Waals surface area contributed by atoms with Crippen LogP contribution in [0.15, 0.2) is 54.7 Å². The van der Waals surface area contributed by atoms with Crippen molar-refractivity contribution in [2.45, 2.75) is 50.7 Å². The van der Waals surface area contributed by atoms with Gasteiger partial charge >= 0.3 is 0 Å². The van der Waals surface area contributed by atoms with Crippen molar-refractivity contribution in [2.24, 2.45) is 13.0 Å². The minimum Gasteiger partial charge on any atom is -0.294 e. The van der Waals surface area contributed by atoms with Gasteiger partial charge in [-0.05, 0) is 37.3 Å². The second-order valence-corrected chi connectivity index (χ2v) is 8.51. The number of carbonyl (C=O) groups excluding carboxylic acids is 1. The average Bonchev–Trinajstić information content (AvgIpc) is 3.07. The first-order valence-electron chi connectivity index (χ1n) is 10.4. The number of aryl methyl sites for hydroxylation is 1. The van der Waals surface area contributed by atoms with Crippen LogP contribution in [0.5, 0.6) is 0 Å². The van der Waals surface area contributed by atoms with E-state index in [0.29, 0.717) is 17.9 Å². The monoisotopic (exact) mass is 373 g/mol. The zero-order valence-electron chi connectivity index (χ0n) is 16.4. The fourth-order valence-corrected chi connectivity index (χ4v) is 5.27. The molecule has 2 fully saturated rings. The van der Waals surface area contributed by atoms with Crippen molar-refractivity contribution in [1.29, 1.82) is 0 Å². The molecule has 1 aromatic heterocycles. The summed E-state index contributed by atoms with van der Waals surface area (Å²) in [4.78, 5) is 16.0. The van der Waals surface area contributed by atoms with Crippen molar-refractivity contribution in [3.05, 3.63) is 65.9 Å². The van der Waals surface area contributed by atoms with E-state index in [1.54, 1.807) is 0 Å². The molecule has 3 aromatic rings.